The number of phenolic OH excluding ortho intramolecular Hbond substituents is 1. The van der Waals surface area contributed by atoms with Gasteiger partial charge in [-0.05, 0) is 24.6 Å². The fourth-order valence-corrected chi connectivity index (χ4v) is 1.30. The van der Waals surface area contributed by atoms with E-state index in [4.69, 9.17) is 15.6 Å². The van der Waals surface area contributed by atoms with Crippen LogP contribution in [-0.2, 0) is 4.79 Å². The summed E-state index contributed by atoms with van der Waals surface area (Å²) in [4.78, 5) is 10.7. The van der Waals surface area contributed by atoms with Crippen molar-refractivity contribution >= 4 is 5.97 Å². The fraction of sp³-hybridized carbons (Fsp3) is 0.300. The predicted molar refractivity (Wildman–Crippen MR) is 54.0 cm³/mol. The van der Waals surface area contributed by atoms with Crippen molar-refractivity contribution in [3.8, 4) is 11.5 Å². The van der Waals surface area contributed by atoms with E-state index < -0.39 is 12.0 Å². The van der Waals surface area contributed by atoms with Crippen LogP contribution in [0.5, 0.6) is 11.5 Å². The highest BCUT2D eigenvalue weighted by Crippen LogP contribution is 2.34. The van der Waals surface area contributed by atoms with Crippen molar-refractivity contribution in [3.63, 3.8) is 0 Å². The summed E-state index contributed by atoms with van der Waals surface area (Å²) in [5.74, 6) is -1.20. The second-order valence-corrected chi connectivity index (χ2v) is 3.22. The number of hydrogen-bond acceptors (Lipinski definition) is 4. The maximum atomic E-state index is 10.7. The topological polar surface area (TPSA) is 92.8 Å². The third-order valence-electron chi connectivity index (χ3n) is 2.07. The Morgan fingerprint density at radius 1 is 1.53 bits per heavy atom. The zero-order valence-electron chi connectivity index (χ0n) is 8.52. The van der Waals surface area contributed by atoms with Crippen LogP contribution in [0.2, 0.25) is 0 Å². The lowest BCUT2D eigenvalue weighted by Gasteiger charge is -2.13. The Hall–Kier alpha value is -1.75. The highest BCUT2D eigenvalue weighted by atomic mass is 16.5. The largest absolute Gasteiger partial charge is 0.504 e. The molecule has 1 atom stereocenters. The molecule has 4 N–H and O–H groups in total. The molecule has 0 saturated heterocycles. The average Bonchev–Trinajstić information content (AvgIpc) is 2.19. The first-order valence-electron chi connectivity index (χ1n) is 4.33. The molecule has 0 fully saturated rings. The van der Waals surface area contributed by atoms with Gasteiger partial charge in [-0.2, -0.15) is 0 Å². The lowest BCUT2D eigenvalue weighted by molar-refractivity contribution is -0.138. The summed E-state index contributed by atoms with van der Waals surface area (Å²) in [6, 6.07) is 1.88. The van der Waals surface area contributed by atoms with E-state index in [9.17, 15) is 9.90 Å². The minimum atomic E-state index is -1.25. The number of nitrogens with two attached hydrogens (primary N) is 1. The van der Waals surface area contributed by atoms with Gasteiger partial charge in [0.25, 0.3) is 0 Å². The van der Waals surface area contributed by atoms with Crippen LogP contribution in [0.1, 0.15) is 17.2 Å². The van der Waals surface area contributed by atoms with Crippen molar-refractivity contribution in [1.29, 1.82) is 0 Å². The molecule has 1 unspecified atom stereocenters. The average molecular weight is 211 g/mol. The maximum Gasteiger partial charge on any atom is 0.325 e. The molecule has 0 radical (unpaired) electrons. The highest BCUT2D eigenvalue weighted by molar-refractivity contribution is 5.77. The molecule has 1 aromatic rings. The fourth-order valence-electron chi connectivity index (χ4n) is 1.30. The van der Waals surface area contributed by atoms with Gasteiger partial charge in [0.05, 0.1) is 7.11 Å². The van der Waals surface area contributed by atoms with E-state index in [1.165, 1.54) is 13.2 Å². The zero-order chi connectivity index (χ0) is 11.6. The Morgan fingerprint density at radius 2 is 2.13 bits per heavy atom. The molecule has 1 rings (SSSR count). The number of carboxylic acids is 1. The summed E-state index contributed by atoms with van der Waals surface area (Å²) in [7, 11) is 1.39. The summed E-state index contributed by atoms with van der Waals surface area (Å²) >= 11 is 0. The number of rotatable bonds is 3. The Balaban J connectivity index is 3.28. The monoisotopic (exact) mass is 211 g/mol. The van der Waals surface area contributed by atoms with Gasteiger partial charge in [0.2, 0.25) is 0 Å². The molecular weight excluding hydrogens is 198 g/mol. The molecule has 0 bridgehead atoms. The number of aliphatic carboxylic acids is 1. The van der Waals surface area contributed by atoms with E-state index in [0.29, 0.717) is 0 Å². The number of benzene rings is 1. The van der Waals surface area contributed by atoms with Gasteiger partial charge in [0.15, 0.2) is 11.5 Å². The molecule has 0 spiro atoms. The van der Waals surface area contributed by atoms with Crippen LogP contribution in [0.25, 0.3) is 0 Å². The number of methoxy groups -OCH3 is 1. The maximum absolute atomic E-state index is 10.7. The molecule has 0 aliphatic carbocycles. The molecule has 0 aliphatic rings. The number of ether oxygens (including phenoxy) is 1. The predicted octanol–water partition coefficient (Wildman–Crippen LogP) is 0.794. The molecule has 1 aromatic carbocycles. The first-order chi connectivity index (χ1) is 6.97. The van der Waals surface area contributed by atoms with Gasteiger partial charge in [0.1, 0.15) is 6.04 Å². The molecule has 5 heteroatoms. The van der Waals surface area contributed by atoms with Crippen molar-refractivity contribution < 1.29 is 19.7 Å². The van der Waals surface area contributed by atoms with E-state index in [0.717, 1.165) is 5.56 Å². The molecule has 0 heterocycles. The van der Waals surface area contributed by atoms with Crippen LogP contribution in [0.15, 0.2) is 12.1 Å². The van der Waals surface area contributed by atoms with E-state index in [2.05, 4.69) is 0 Å². The van der Waals surface area contributed by atoms with Crippen LogP contribution >= 0.6 is 0 Å². The first kappa shape index (κ1) is 11.3. The van der Waals surface area contributed by atoms with Crippen molar-refractivity contribution in [2.45, 2.75) is 13.0 Å². The third kappa shape index (κ3) is 2.19. The Labute approximate surface area is 87.1 Å². The third-order valence-corrected chi connectivity index (χ3v) is 2.07. The molecule has 0 saturated carbocycles. The number of carboxylic acid groups (broad SMARTS) is 1. The second kappa shape index (κ2) is 4.18. The van der Waals surface area contributed by atoms with E-state index >= 15 is 0 Å². The Morgan fingerprint density at radius 3 is 2.60 bits per heavy atom. The number of phenols is 1. The van der Waals surface area contributed by atoms with Crippen LogP contribution in [0.4, 0.5) is 0 Å². The van der Waals surface area contributed by atoms with E-state index in [1.54, 1.807) is 13.0 Å². The summed E-state index contributed by atoms with van der Waals surface area (Å²) in [5, 5.41) is 18.4. The SMILES string of the molecule is COc1cc(C)cc(C(N)C(=O)O)c1O. The van der Waals surface area contributed by atoms with Crippen molar-refractivity contribution in [2.75, 3.05) is 7.11 Å². The first-order valence-corrected chi connectivity index (χ1v) is 4.33. The number of carbonyl (C=O) groups is 1. The summed E-state index contributed by atoms with van der Waals surface area (Å²) in [6.07, 6.45) is 0. The number of aryl methyl sites for hydroxylation is 1. The highest BCUT2D eigenvalue weighted by Gasteiger charge is 2.20. The number of aromatic hydroxyl groups is 1. The standard InChI is InChI=1S/C10H13NO4/c1-5-3-6(8(11)10(13)14)9(12)7(4-5)15-2/h3-4,8,12H,11H2,1-2H3,(H,13,14). The van der Waals surface area contributed by atoms with E-state index in [-0.39, 0.29) is 17.1 Å². The lowest BCUT2D eigenvalue weighted by Crippen LogP contribution is -2.21. The Kier molecular flexibility index (Phi) is 3.16. The van der Waals surface area contributed by atoms with Crippen molar-refractivity contribution in [3.05, 3.63) is 23.3 Å². The molecule has 82 valence electrons. The van der Waals surface area contributed by atoms with Crippen LogP contribution < -0.4 is 10.5 Å². The summed E-state index contributed by atoms with van der Waals surface area (Å²) < 4.78 is 4.90. The normalized spacial score (nSPS) is 12.2. The molecular formula is C10H13NO4. The van der Waals surface area contributed by atoms with Crippen LogP contribution in [0, 0.1) is 6.92 Å². The lowest BCUT2D eigenvalue weighted by atomic mass is 10.0. The Bertz CT molecular complexity index is 389. The minimum Gasteiger partial charge on any atom is -0.504 e. The molecule has 0 amide bonds. The van der Waals surface area contributed by atoms with Crippen molar-refractivity contribution in [2.24, 2.45) is 5.73 Å². The van der Waals surface area contributed by atoms with Gasteiger partial charge in [-0.3, -0.25) is 4.79 Å². The summed E-state index contributed by atoms with van der Waals surface area (Å²) in [5.41, 5.74) is 6.34. The smallest absolute Gasteiger partial charge is 0.325 e. The van der Waals surface area contributed by atoms with Crippen LogP contribution in [-0.4, -0.2) is 23.3 Å². The van der Waals surface area contributed by atoms with E-state index in [1.807, 2.05) is 0 Å². The van der Waals surface area contributed by atoms with Gasteiger partial charge in [-0.25, -0.2) is 0 Å². The zero-order valence-corrected chi connectivity index (χ0v) is 8.52. The van der Waals surface area contributed by atoms with Crippen LogP contribution in [0.3, 0.4) is 0 Å². The molecule has 0 aromatic heterocycles. The quantitative estimate of drug-likeness (QED) is 0.687. The molecule has 15 heavy (non-hydrogen) atoms. The minimum absolute atomic E-state index is 0.152. The number of hydrogen-bond donors (Lipinski definition) is 3. The molecule has 0 aliphatic heterocycles. The van der Waals surface area contributed by atoms with Gasteiger partial charge in [-0.1, -0.05) is 0 Å². The van der Waals surface area contributed by atoms with Gasteiger partial charge in [-0.15, -0.1) is 0 Å². The van der Waals surface area contributed by atoms with Crippen molar-refractivity contribution in [1.82, 2.24) is 0 Å². The van der Waals surface area contributed by atoms with Gasteiger partial charge < -0.3 is 20.7 Å². The summed E-state index contributed by atoms with van der Waals surface area (Å²) in [6.45, 7) is 1.76. The van der Waals surface area contributed by atoms with Gasteiger partial charge >= 0.3 is 5.97 Å². The molecule has 5 nitrogen and oxygen atoms in total. The van der Waals surface area contributed by atoms with Gasteiger partial charge in [0, 0.05) is 5.56 Å². The second-order valence-electron chi connectivity index (χ2n) is 3.22.